The molecule has 1 aromatic heterocycles. The predicted octanol–water partition coefficient (Wildman–Crippen LogP) is 3.75. The standard InChI is InChI=1S/C17H23NO2S/c1-2-11-19-16-5-3-4-6-17(16)20-12-10-18-9-7-15-8-13-21-14-15/h3-6,8,13-14,18H,2,7,9-12H2,1H3. The van der Waals surface area contributed by atoms with Crippen molar-refractivity contribution in [3.05, 3.63) is 46.7 Å². The lowest BCUT2D eigenvalue weighted by Crippen LogP contribution is -2.23. The topological polar surface area (TPSA) is 30.5 Å². The molecule has 21 heavy (non-hydrogen) atoms. The van der Waals surface area contributed by atoms with Crippen molar-refractivity contribution in [3.63, 3.8) is 0 Å². The van der Waals surface area contributed by atoms with E-state index < -0.39 is 0 Å². The number of hydrogen-bond acceptors (Lipinski definition) is 4. The second-order valence-corrected chi connectivity index (χ2v) is 5.56. The first kappa shape index (κ1) is 15.9. The van der Waals surface area contributed by atoms with Crippen LogP contribution < -0.4 is 14.8 Å². The summed E-state index contributed by atoms with van der Waals surface area (Å²) >= 11 is 1.75. The van der Waals surface area contributed by atoms with Gasteiger partial charge < -0.3 is 14.8 Å². The second-order valence-electron chi connectivity index (χ2n) is 4.78. The van der Waals surface area contributed by atoms with Crippen LogP contribution in [0.15, 0.2) is 41.1 Å². The molecular formula is C17H23NO2S. The van der Waals surface area contributed by atoms with Crippen LogP contribution in [0.5, 0.6) is 11.5 Å². The quantitative estimate of drug-likeness (QED) is 0.678. The van der Waals surface area contributed by atoms with Gasteiger partial charge in [0.05, 0.1) is 6.61 Å². The summed E-state index contributed by atoms with van der Waals surface area (Å²) in [6, 6.07) is 10.0. The van der Waals surface area contributed by atoms with Crippen LogP contribution in [0.4, 0.5) is 0 Å². The highest BCUT2D eigenvalue weighted by Crippen LogP contribution is 2.26. The molecule has 0 atom stereocenters. The van der Waals surface area contributed by atoms with Crippen molar-refractivity contribution in [2.45, 2.75) is 19.8 Å². The van der Waals surface area contributed by atoms with Gasteiger partial charge in [-0.1, -0.05) is 19.1 Å². The largest absolute Gasteiger partial charge is 0.490 e. The number of para-hydroxylation sites is 2. The van der Waals surface area contributed by atoms with E-state index in [1.54, 1.807) is 11.3 Å². The van der Waals surface area contributed by atoms with Crippen LogP contribution in [-0.2, 0) is 6.42 Å². The summed E-state index contributed by atoms with van der Waals surface area (Å²) in [5, 5.41) is 7.71. The molecule has 1 N–H and O–H groups in total. The minimum absolute atomic E-state index is 0.649. The Balaban J connectivity index is 1.64. The van der Waals surface area contributed by atoms with Crippen LogP contribution in [0.3, 0.4) is 0 Å². The van der Waals surface area contributed by atoms with Gasteiger partial charge in [0, 0.05) is 6.54 Å². The first-order valence-electron chi connectivity index (χ1n) is 7.46. The van der Waals surface area contributed by atoms with E-state index >= 15 is 0 Å². The fourth-order valence-corrected chi connectivity index (χ4v) is 2.63. The maximum absolute atomic E-state index is 5.79. The van der Waals surface area contributed by atoms with Gasteiger partial charge in [-0.3, -0.25) is 0 Å². The van der Waals surface area contributed by atoms with E-state index in [0.29, 0.717) is 6.61 Å². The molecule has 3 nitrogen and oxygen atoms in total. The zero-order valence-electron chi connectivity index (χ0n) is 12.5. The van der Waals surface area contributed by atoms with E-state index in [2.05, 4.69) is 29.1 Å². The van der Waals surface area contributed by atoms with Gasteiger partial charge in [-0.2, -0.15) is 11.3 Å². The molecule has 0 bridgehead atoms. The molecule has 0 saturated heterocycles. The number of ether oxygens (including phenoxy) is 2. The van der Waals surface area contributed by atoms with Gasteiger partial charge in [-0.15, -0.1) is 0 Å². The zero-order chi connectivity index (χ0) is 14.8. The van der Waals surface area contributed by atoms with Crippen LogP contribution in [-0.4, -0.2) is 26.3 Å². The SMILES string of the molecule is CCCOc1ccccc1OCCNCCc1ccsc1. The van der Waals surface area contributed by atoms with Crippen molar-refractivity contribution in [1.82, 2.24) is 5.32 Å². The molecular weight excluding hydrogens is 282 g/mol. The average molecular weight is 305 g/mol. The van der Waals surface area contributed by atoms with E-state index in [-0.39, 0.29) is 0 Å². The van der Waals surface area contributed by atoms with Crippen LogP contribution in [0.25, 0.3) is 0 Å². The van der Waals surface area contributed by atoms with Gasteiger partial charge in [-0.05, 0) is 53.9 Å². The first-order chi connectivity index (χ1) is 10.4. The van der Waals surface area contributed by atoms with Gasteiger partial charge in [0.25, 0.3) is 0 Å². The Bertz CT molecular complexity index is 499. The summed E-state index contributed by atoms with van der Waals surface area (Å²) in [7, 11) is 0. The zero-order valence-corrected chi connectivity index (χ0v) is 13.3. The Hall–Kier alpha value is -1.52. The molecule has 114 valence electrons. The van der Waals surface area contributed by atoms with Crippen molar-refractivity contribution in [1.29, 1.82) is 0 Å². The molecule has 2 aromatic rings. The van der Waals surface area contributed by atoms with E-state index in [1.807, 2.05) is 24.3 Å². The lowest BCUT2D eigenvalue weighted by Gasteiger charge is -2.12. The van der Waals surface area contributed by atoms with Gasteiger partial charge in [0.15, 0.2) is 11.5 Å². The lowest BCUT2D eigenvalue weighted by atomic mass is 10.2. The Labute approximate surface area is 130 Å². The fraction of sp³-hybridized carbons (Fsp3) is 0.412. The lowest BCUT2D eigenvalue weighted by molar-refractivity contribution is 0.268. The van der Waals surface area contributed by atoms with Gasteiger partial charge in [-0.25, -0.2) is 0 Å². The van der Waals surface area contributed by atoms with E-state index in [4.69, 9.17) is 9.47 Å². The summed E-state index contributed by atoms with van der Waals surface area (Å²) in [5.74, 6) is 1.66. The number of hydrogen-bond donors (Lipinski definition) is 1. The highest BCUT2D eigenvalue weighted by atomic mass is 32.1. The fourth-order valence-electron chi connectivity index (χ4n) is 1.93. The smallest absolute Gasteiger partial charge is 0.161 e. The Morgan fingerprint density at radius 2 is 1.76 bits per heavy atom. The summed E-state index contributed by atoms with van der Waals surface area (Å²) in [6.07, 6.45) is 2.07. The minimum Gasteiger partial charge on any atom is -0.490 e. The monoisotopic (exact) mass is 305 g/mol. The highest BCUT2D eigenvalue weighted by Gasteiger charge is 2.03. The molecule has 1 heterocycles. The second kappa shape index (κ2) is 9.42. The summed E-state index contributed by atoms with van der Waals surface area (Å²) in [6.45, 7) is 5.29. The number of nitrogens with one attached hydrogen (secondary N) is 1. The predicted molar refractivity (Wildman–Crippen MR) is 88.6 cm³/mol. The Morgan fingerprint density at radius 1 is 1.00 bits per heavy atom. The third-order valence-corrected chi connectivity index (χ3v) is 3.75. The molecule has 0 unspecified atom stereocenters. The van der Waals surface area contributed by atoms with Crippen LogP contribution in [0.2, 0.25) is 0 Å². The van der Waals surface area contributed by atoms with Gasteiger partial charge >= 0.3 is 0 Å². The van der Waals surface area contributed by atoms with Crippen molar-refractivity contribution < 1.29 is 9.47 Å². The van der Waals surface area contributed by atoms with Crippen molar-refractivity contribution in [2.24, 2.45) is 0 Å². The molecule has 0 fully saturated rings. The molecule has 0 spiro atoms. The summed E-state index contributed by atoms with van der Waals surface area (Å²) in [5.41, 5.74) is 1.40. The normalized spacial score (nSPS) is 10.5. The summed E-state index contributed by atoms with van der Waals surface area (Å²) < 4.78 is 11.5. The average Bonchev–Trinajstić information content (AvgIpc) is 3.03. The molecule has 0 aliphatic heterocycles. The molecule has 0 aliphatic carbocycles. The molecule has 0 saturated carbocycles. The third kappa shape index (κ3) is 5.78. The van der Waals surface area contributed by atoms with Gasteiger partial charge in [0.1, 0.15) is 6.61 Å². The summed E-state index contributed by atoms with van der Waals surface area (Å²) in [4.78, 5) is 0. The number of thiophene rings is 1. The third-order valence-electron chi connectivity index (χ3n) is 3.02. The molecule has 0 radical (unpaired) electrons. The molecule has 0 aliphatic rings. The molecule has 1 aromatic carbocycles. The molecule has 2 rings (SSSR count). The maximum atomic E-state index is 5.79. The molecule has 4 heteroatoms. The van der Waals surface area contributed by atoms with E-state index in [9.17, 15) is 0 Å². The van der Waals surface area contributed by atoms with E-state index in [1.165, 1.54) is 5.56 Å². The number of benzene rings is 1. The van der Waals surface area contributed by atoms with Gasteiger partial charge in [0.2, 0.25) is 0 Å². The van der Waals surface area contributed by atoms with Crippen LogP contribution in [0.1, 0.15) is 18.9 Å². The van der Waals surface area contributed by atoms with Crippen LogP contribution in [0, 0.1) is 0 Å². The van der Waals surface area contributed by atoms with E-state index in [0.717, 1.165) is 44.0 Å². The number of rotatable bonds is 10. The minimum atomic E-state index is 0.649. The highest BCUT2D eigenvalue weighted by molar-refractivity contribution is 7.07. The Kier molecular flexibility index (Phi) is 7.12. The van der Waals surface area contributed by atoms with Crippen molar-refractivity contribution in [3.8, 4) is 11.5 Å². The maximum Gasteiger partial charge on any atom is 0.161 e. The van der Waals surface area contributed by atoms with Crippen LogP contribution >= 0.6 is 11.3 Å². The van der Waals surface area contributed by atoms with Crippen molar-refractivity contribution >= 4 is 11.3 Å². The molecule has 0 amide bonds. The first-order valence-corrected chi connectivity index (χ1v) is 8.41. The van der Waals surface area contributed by atoms with Crippen molar-refractivity contribution in [2.75, 3.05) is 26.3 Å². The Morgan fingerprint density at radius 3 is 2.43 bits per heavy atom.